The predicted octanol–water partition coefficient (Wildman–Crippen LogP) is 2.31. The van der Waals surface area contributed by atoms with E-state index in [-0.39, 0.29) is 24.4 Å². The molecular weight excluding hydrogens is 624 g/mol. The van der Waals surface area contributed by atoms with Crippen LogP contribution in [-0.4, -0.2) is 69.2 Å². The monoisotopic (exact) mass is 662 g/mol. The van der Waals surface area contributed by atoms with Gasteiger partial charge in [0.1, 0.15) is 23.4 Å². The van der Waals surface area contributed by atoms with Crippen LogP contribution in [0.5, 0.6) is 0 Å². The van der Waals surface area contributed by atoms with Gasteiger partial charge in [-0.3, -0.25) is 38.4 Å². The molecule has 256 valence electrons. The number of aliphatic carboxylic acids is 2. The zero-order chi connectivity index (χ0) is 35.6. The average Bonchev–Trinajstić information content (AvgIpc) is 2.87. The van der Waals surface area contributed by atoms with Crippen molar-refractivity contribution in [2.24, 2.45) is 46.3 Å². The summed E-state index contributed by atoms with van der Waals surface area (Å²) in [6, 6.07) is 0. The van der Waals surface area contributed by atoms with Crippen molar-refractivity contribution >= 4 is 47.8 Å². The van der Waals surface area contributed by atoms with Crippen molar-refractivity contribution in [3.63, 3.8) is 0 Å². The summed E-state index contributed by atoms with van der Waals surface area (Å²) in [6.45, 7) is 10.6. The summed E-state index contributed by atoms with van der Waals surface area (Å²) in [5.41, 5.74) is -6.51. The van der Waals surface area contributed by atoms with Gasteiger partial charge in [-0.15, -0.1) is 0 Å². The lowest BCUT2D eigenvalue weighted by Gasteiger charge is -2.59. The summed E-state index contributed by atoms with van der Waals surface area (Å²) in [6.07, 6.45) is 2.37. The van der Waals surface area contributed by atoms with E-state index >= 15 is 0 Å². The summed E-state index contributed by atoms with van der Waals surface area (Å²) in [5.74, 6) is -19.0. The number of rotatable bonds is 8. The van der Waals surface area contributed by atoms with Crippen LogP contribution in [0.4, 0.5) is 0 Å². The molecule has 6 aliphatic rings. The molecule has 0 saturated heterocycles. The molecule has 0 radical (unpaired) electrons. The molecule has 6 rings (SSSR count). The number of carboxylic acids is 2. The van der Waals surface area contributed by atoms with Gasteiger partial charge in [-0.2, -0.15) is 0 Å². The second-order valence-corrected chi connectivity index (χ2v) is 13.9. The number of fused-ring (bicyclic) bond motifs is 4. The van der Waals surface area contributed by atoms with E-state index in [2.05, 4.69) is 0 Å². The smallest absolute Gasteiger partial charge is 0.321 e. The van der Waals surface area contributed by atoms with Crippen LogP contribution in [0.2, 0.25) is 0 Å². The normalized spacial score (nSPS) is 34.1. The fraction of sp³-hybridized carbons (Fsp3) is 0.625. The van der Waals surface area contributed by atoms with E-state index in [1.54, 1.807) is 27.7 Å². The predicted molar refractivity (Wildman–Crippen MR) is 153 cm³/mol. The van der Waals surface area contributed by atoms with Crippen LogP contribution < -0.4 is 0 Å². The molecule has 0 aliphatic heterocycles. The molecule has 0 amide bonds. The van der Waals surface area contributed by atoms with E-state index < -0.39 is 105 Å². The number of hydrogen-bond acceptors (Lipinski definition) is 13. The maximum Gasteiger partial charge on any atom is 0.321 e. The minimum atomic E-state index is -2.09. The first-order chi connectivity index (χ1) is 21.5. The van der Waals surface area contributed by atoms with Crippen molar-refractivity contribution in [3.05, 3.63) is 23.7 Å². The first kappa shape index (κ1) is 35.3. The first-order valence-corrected chi connectivity index (χ1v) is 14.9. The third-order valence-corrected chi connectivity index (χ3v) is 9.96. The van der Waals surface area contributed by atoms with Crippen LogP contribution in [0.1, 0.15) is 68.2 Å². The number of allylic oxidation sites excluding steroid dienone is 2. The van der Waals surface area contributed by atoms with Gasteiger partial charge in [0.25, 0.3) is 0 Å². The lowest BCUT2D eigenvalue weighted by molar-refractivity contribution is -0.224. The van der Waals surface area contributed by atoms with E-state index in [0.717, 1.165) is 27.7 Å². The van der Waals surface area contributed by atoms with Crippen LogP contribution in [0.15, 0.2) is 23.7 Å². The summed E-state index contributed by atoms with van der Waals surface area (Å²) < 4.78 is 27.3. The molecule has 2 saturated carbocycles. The van der Waals surface area contributed by atoms with Crippen LogP contribution in [0, 0.1) is 46.3 Å². The van der Waals surface area contributed by atoms with Crippen molar-refractivity contribution in [2.75, 3.05) is 0 Å². The molecule has 0 spiro atoms. The number of ether oxygens (including phenoxy) is 5. The fourth-order valence-electron chi connectivity index (χ4n) is 8.25. The summed E-state index contributed by atoms with van der Waals surface area (Å²) in [5, 5.41) is 20.7. The molecule has 2 N–H and O–H groups in total. The Morgan fingerprint density at radius 3 is 1.17 bits per heavy atom. The van der Waals surface area contributed by atoms with E-state index in [9.17, 15) is 48.6 Å². The van der Waals surface area contributed by atoms with Crippen molar-refractivity contribution < 1.29 is 72.3 Å². The van der Waals surface area contributed by atoms with Gasteiger partial charge in [0.05, 0.1) is 11.8 Å². The molecule has 15 nitrogen and oxygen atoms in total. The van der Waals surface area contributed by atoms with Crippen LogP contribution in [-0.2, 0) is 62.0 Å². The molecule has 0 aromatic carbocycles. The zero-order valence-electron chi connectivity index (χ0n) is 27.2. The third kappa shape index (κ3) is 5.58. The van der Waals surface area contributed by atoms with Crippen molar-refractivity contribution in [3.8, 4) is 0 Å². The van der Waals surface area contributed by atoms with Gasteiger partial charge in [0, 0.05) is 50.4 Å². The Hall–Kier alpha value is -4.56. The van der Waals surface area contributed by atoms with Gasteiger partial charge in [0.2, 0.25) is 0 Å². The first-order valence-electron chi connectivity index (χ1n) is 14.9. The minimum absolute atomic E-state index is 0.00699. The highest BCUT2D eigenvalue weighted by atomic mass is 16.6. The second kappa shape index (κ2) is 11.6. The van der Waals surface area contributed by atoms with Crippen LogP contribution in [0.25, 0.3) is 0 Å². The van der Waals surface area contributed by atoms with Crippen LogP contribution >= 0.6 is 0 Å². The summed E-state index contributed by atoms with van der Waals surface area (Å²) in [4.78, 5) is 103. The summed E-state index contributed by atoms with van der Waals surface area (Å²) >= 11 is 0. The third-order valence-electron chi connectivity index (χ3n) is 9.96. The van der Waals surface area contributed by atoms with E-state index in [1.807, 2.05) is 0 Å². The molecule has 0 heterocycles. The number of hydrogen-bond donors (Lipinski definition) is 2. The highest BCUT2D eigenvalue weighted by molar-refractivity contribution is 5.95. The molecule has 8 unspecified atom stereocenters. The zero-order valence-corrected chi connectivity index (χ0v) is 27.2. The standard InChI is InChI=1S/C32H38O15/c1-13(33)43-19-11-31(46-15(3)35)23(21(25(37)38)17(19)9-29(31,5)6)27(41)45-28(42)24-22(26(39)40)18-10-30(7,8)32(24,47-16(4)36)12-20(18)44-14(2)34/h11-12,17-18,21-24H,9-10H2,1-8H3,(H,37,38)(H,39,40). The number of carbonyl (C=O) groups excluding carboxylic acids is 6. The number of carboxylic acid groups (broad SMARTS) is 2. The van der Waals surface area contributed by atoms with E-state index in [1.165, 1.54) is 12.2 Å². The van der Waals surface area contributed by atoms with Gasteiger partial charge in [-0.05, 0) is 25.0 Å². The maximum absolute atomic E-state index is 14.2. The highest BCUT2D eigenvalue weighted by Gasteiger charge is 2.72. The lowest BCUT2D eigenvalue weighted by atomic mass is 9.48. The molecule has 0 aromatic rings. The number of carbonyl (C=O) groups is 8. The topological polar surface area (TPSA) is 223 Å². The molecule has 6 aliphatic carbocycles. The van der Waals surface area contributed by atoms with E-state index in [4.69, 9.17) is 23.7 Å². The van der Waals surface area contributed by atoms with Crippen molar-refractivity contribution in [1.29, 1.82) is 0 Å². The SMILES string of the molecule is CC(=O)OC1=CC2(OC(C)=O)C(C(=O)OC(=O)C3C(C(=O)O)C4CC(C)(C)C3(OC(C)=O)C=C4OC(C)=O)C(C(=O)O)C1CC2(C)C. The molecule has 4 bridgehead atoms. The highest BCUT2D eigenvalue weighted by Crippen LogP contribution is 2.63. The average molecular weight is 663 g/mol. The van der Waals surface area contributed by atoms with Gasteiger partial charge >= 0.3 is 47.8 Å². The van der Waals surface area contributed by atoms with Gasteiger partial charge in [0.15, 0.2) is 11.2 Å². The van der Waals surface area contributed by atoms with E-state index in [0.29, 0.717) is 0 Å². The number of esters is 6. The lowest BCUT2D eigenvalue weighted by Crippen LogP contribution is -2.68. The molecule has 15 heteroatoms. The molecule has 2 fully saturated rings. The Balaban J connectivity index is 1.87. The molecular formula is C32H38O15. The Bertz CT molecular complexity index is 1420. The Kier molecular flexibility index (Phi) is 8.71. The Morgan fingerprint density at radius 2 is 0.915 bits per heavy atom. The molecule has 47 heavy (non-hydrogen) atoms. The maximum atomic E-state index is 14.2. The largest absolute Gasteiger partial charge is 0.481 e. The molecule has 8 atom stereocenters. The van der Waals surface area contributed by atoms with Gasteiger partial charge < -0.3 is 33.9 Å². The fourth-order valence-corrected chi connectivity index (χ4v) is 8.25. The Labute approximate surface area is 269 Å². The van der Waals surface area contributed by atoms with Crippen molar-refractivity contribution in [2.45, 2.75) is 79.4 Å². The Morgan fingerprint density at radius 1 is 0.596 bits per heavy atom. The summed E-state index contributed by atoms with van der Waals surface area (Å²) in [7, 11) is 0. The minimum Gasteiger partial charge on any atom is -0.481 e. The van der Waals surface area contributed by atoms with Crippen molar-refractivity contribution in [1.82, 2.24) is 0 Å². The second-order valence-electron chi connectivity index (χ2n) is 13.9. The van der Waals surface area contributed by atoms with Crippen LogP contribution in [0.3, 0.4) is 0 Å². The molecule has 0 aromatic heterocycles. The quantitative estimate of drug-likeness (QED) is 0.216. The van der Waals surface area contributed by atoms with Gasteiger partial charge in [-0.25, -0.2) is 0 Å². The van der Waals surface area contributed by atoms with Gasteiger partial charge in [-0.1, -0.05) is 27.7 Å².